The molecule has 5 nitrogen and oxygen atoms in total. The van der Waals surface area contributed by atoms with Gasteiger partial charge < -0.3 is 15.2 Å². The van der Waals surface area contributed by atoms with Gasteiger partial charge in [-0.25, -0.2) is 0 Å². The summed E-state index contributed by atoms with van der Waals surface area (Å²) in [6, 6.07) is 11.6. The van der Waals surface area contributed by atoms with Crippen LogP contribution in [0.3, 0.4) is 0 Å². The van der Waals surface area contributed by atoms with Crippen molar-refractivity contribution in [3.8, 4) is 29.4 Å². The van der Waals surface area contributed by atoms with Crippen molar-refractivity contribution in [2.75, 3.05) is 12.4 Å². The van der Waals surface area contributed by atoms with Crippen LogP contribution in [0, 0.1) is 19.3 Å². The number of benzene rings is 2. The van der Waals surface area contributed by atoms with E-state index >= 15 is 0 Å². The Morgan fingerprint density at radius 2 is 1.96 bits per heavy atom. The molecule has 4 rings (SSSR count). The largest absolute Gasteiger partial charge is 0.507 e. The summed E-state index contributed by atoms with van der Waals surface area (Å²) in [6.45, 7) is 4.17. The Bertz CT molecular complexity index is 1090. The van der Waals surface area contributed by atoms with E-state index in [1.165, 1.54) is 0 Å². The molecule has 1 fully saturated rings. The van der Waals surface area contributed by atoms with Gasteiger partial charge in [-0.15, -0.1) is 16.6 Å². The second kappa shape index (κ2) is 6.81. The van der Waals surface area contributed by atoms with Crippen LogP contribution in [0.2, 0.25) is 0 Å². The highest BCUT2D eigenvalue weighted by molar-refractivity contribution is 6.01. The van der Waals surface area contributed by atoms with Crippen molar-refractivity contribution >= 4 is 16.6 Å². The van der Waals surface area contributed by atoms with Crippen molar-refractivity contribution in [1.82, 2.24) is 10.2 Å². The molecule has 3 aromatic rings. The molecule has 0 bridgehead atoms. The Hall–Kier alpha value is -3.10. The molecular weight excluding hydrogens is 350 g/mol. The Morgan fingerprint density at radius 3 is 2.64 bits per heavy atom. The highest BCUT2D eigenvalue weighted by atomic mass is 16.5. The Morgan fingerprint density at radius 1 is 1.18 bits per heavy atom. The van der Waals surface area contributed by atoms with E-state index in [9.17, 15) is 5.11 Å². The van der Waals surface area contributed by atoms with Gasteiger partial charge in [0, 0.05) is 35.1 Å². The fraction of sp³-hybridized carbons (Fsp3) is 0.304. The number of fused-ring (bicyclic) bond motifs is 1. The zero-order chi connectivity index (χ0) is 19.9. The first-order valence-corrected chi connectivity index (χ1v) is 9.31. The minimum atomic E-state index is -0.0681. The summed E-state index contributed by atoms with van der Waals surface area (Å²) < 4.78 is 5.54. The number of phenols is 1. The molecule has 1 saturated carbocycles. The van der Waals surface area contributed by atoms with Crippen LogP contribution in [0.25, 0.3) is 22.0 Å². The number of anilines is 1. The van der Waals surface area contributed by atoms with Crippen molar-refractivity contribution < 1.29 is 9.84 Å². The lowest BCUT2D eigenvalue weighted by Gasteiger charge is -2.44. The molecule has 1 aliphatic rings. The molecule has 2 N–H and O–H groups in total. The predicted molar refractivity (Wildman–Crippen MR) is 111 cm³/mol. The number of aryl methyl sites for hydroxylation is 1. The van der Waals surface area contributed by atoms with Gasteiger partial charge in [-0.05, 0) is 51.0 Å². The number of hydrogen-bond donors (Lipinski definition) is 2. The van der Waals surface area contributed by atoms with Gasteiger partial charge in [-0.3, -0.25) is 0 Å². The van der Waals surface area contributed by atoms with Crippen molar-refractivity contribution in [3.05, 3.63) is 47.5 Å². The molecule has 0 amide bonds. The number of nitrogens with zero attached hydrogens (tertiary/aromatic N) is 2. The lowest BCUT2D eigenvalue weighted by atomic mass is 9.77. The minimum Gasteiger partial charge on any atom is -0.507 e. The van der Waals surface area contributed by atoms with Crippen LogP contribution in [0.15, 0.2) is 36.4 Å². The SMILES string of the molecule is C#Cc1ccc(-c2nnc(NC3CC(C)(OC)C3)c3cc(C)ccc23)c(O)c1. The number of ether oxygens (including phenoxy) is 1. The lowest BCUT2D eigenvalue weighted by Crippen LogP contribution is -2.49. The second-order valence-electron chi connectivity index (χ2n) is 7.73. The number of nitrogens with one attached hydrogen (secondary N) is 1. The fourth-order valence-corrected chi connectivity index (χ4v) is 3.84. The lowest BCUT2D eigenvalue weighted by molar-refractivity contribution is -0.0625. The molecule has 0 spiro atoms. The predicted octanol–water partition coefficient (Wildman–Crippen LogP) is 4.27. The zero-order valence-electron chi connectivity index (χ0n) is 16.3. The molecule has 1 aliphatic carbocycles. The first-order valence-electron chi connectivity index (χ1n) is 9.31. The fourth-order valence-electron chi connectivity index (χ4n) is 3.84. The van der Waals surface area contributed by atoms with Crippen molar-refractivity contribution in [2.45, 2.75) is 38.3 Å². The number of aromatic hydroxyl groups is 1. The Labute approximate surface area is 164 Å². The van der Waals surface area contributed by atoms with Crippen LogP contribution in [-0.4, -0.2) is 34.1 Å². The molecule has 142 valence electrons. The number of terminal acetylenes is 1. The topological polar surface area (TPSA) is 67.3 Å². The normalized spacial score (nSPS) is 21.1. The molecular formula is C23H23N3O2. The molecule has 1 aromatic heterocycles. The van der Waals surface area contributed by atoms with Crippen LogP contribution in [0.1, 0.15) is 30.9 Å². The minimum absolute atomic E-state index is 0.0681. The molecule has 2 aromatic carbocycles. The van der Waals surface area contributed by atoms with Gasteiger partial charge in [0.25, 0.3) is 0 Å². The van der Waals surface area contributed by atoms with Crippen LogP contribution >= 0.6 is 0 Å². The third kappa shape index (κ3) is 3.17. The van der Waals surface area contributed by atoms with Gasteiger partial charge in [0.15, 0.2) is 5.82 Å². The van der Waals surface area contributed by atoms with E-state index in [1.54, 1.807) is 25.3 Å². The van der Waals surface area contributed by atoms with E-state index < -0.39 is 0 Å². The maximum Gasteiger partial charge on any atom is 0.156 e. The van der Waals surface area contributed by atoms with E-state index in [-0.39, 0.29) is 11.4 Å². The quantitative estimate of drug-likeness (QED) is 0.669. The third-order valence-electron chi connectivity index (χ3n) is 5.54. The first kappa shape index (κ1) is 18.3. The number of aromatic nitrogens is 2. The van der Waals surface area contributed by atoms with Crippen LogP contribution < -0.4 is 5.32 Å². The first-order chi connectivity index (χ1) is 13.4. The summed E-state index contributed by atoms with van der Waals surface area (Å²) in [4.78, 5) is 0. The summed E-state index contributed by atoms with van der Waals surface area (Å²) in [5.41, 5.74) is 2.94. The highest BCUT2D eigenvalue weighted by Gasteiger charge is 2.40. The molecule has 0 atom stereocenters. The summed E-state index contributed by atoms with van der Waals surface area (Å²) in [5, 5.41) is 24.8. The molecule has 0 radical (unpaired) electrons. The van der Waals surface area contributed by atoms with E-state index in [0.717, 1.165) is 35.0 Å². The molecule has 0 aliphatic heterocycles. The molecule has 0 saturated heterocycles. The second-order valence-corrected chi connectivity index (χ2v) is 7.73. The van der Waals surface area contributed by atoms with Crippen molar-refractivity contribution in [3.63, 3.8) is 0 Å². The number of methoxy groups -OCH3 is 1. The van der Waals surface area contributed by atoms with Gasteiger partial charge in [-0.2, -0.15) is 0 Å². The van der Waals surface area contributed by atoms with Crippen molar-refractivity contribution in [2.24, 2.45) is 0 Å². The molecule has 0 unspecified atom stereocenters. The maximum atomic E-state index is 10.4. The van der Waals surface area contributed by atoms with Crippen molar-refractivity contribution in [1.29, 1.82) is 0 Å². The van der Waals surface area contributed by atoms with Crippen LogP contribution in [0.5, 0.6) is 5.75 Å². The summed E-state index contributed by atoms with van der Waals surface area (Å²) in [6.07, 6.45) is 7.27. The van der Waals surface area contributed by atoms with Gasteiger partial charge in [0.05, 0.1) is 5.60 Å². The van der Waals surface area contributed by atoms with E-state index in [2.05, 4.69) is 34.4 Å². The Kier molecular flexibility index (Phi) is 4.44. The number of hydrogen-bond acceptors (Lipinski definition) is 5. The van der Waals surface area contributed by atoms with Crippen LogP contribution in [-0.2, 0) is 4.74 Å². The third-order valence-corrected chi connectivity index (χ3v) is 5.54. The van der Waals surface area contributed by atoms with Gasteiger partial charge in [0.1, 0.15) is 11.4 Å². The van der Waals surface area contributed by atoms with Gasteiger partial charge in [-0.1, -0.05) is 23.6 Å². The van der Waals surface area contributed by atoms with Gasteiger partial charge in [0.2, 0.25) is 0 Å². The standard InChI is InChI=1S/C23H23N3O2/c1-5-15-7-9-18(20(27)11-15)21-17-8-6-14(2)10-19(17)22(26-25-21)24-16-12-23(3,13-16)28-4/h1,6-11,16,27H,12-13H2,2-4H3,(H,24,26). The molecule has 1 heterocycles. The highest BCUT2D eigenvalue weighted by Crippen LogP contribution is 2.39. The summed E-state index contributed by atoms with van der Waals surface area (Å²) >= 11 is 0. The van der Waals surface area contributed by atoms with E-state index in [0.29, 0.717) is 22.9 Å². The zero-order valence-corrected chi connectivity index (χ0v) is 16.3. The summed E-state index contributed by atoms with van der Waals surface area (Å²) in [5.74, 6) is 3.38. The molecule has 5 heteroatoms. The smallest absolute Gasteiger partial charge is 0.156 e. The number of rotatable bonds is 4. The maximum absolute atomic E-state index is 10.4. The van der Waals surface area contributed by atoms with Gasteiger partial charge >= 0.3 is 0 Å². The molecule has 28 heavy (non-hydrogen) atoms. The number of phenolic OH excluding ortho intramolecular Hbond substituents is 1. The van der Waals surface area contributed by atoms with E-state index in [1.807, 2.05) is 19.1 Å². The summed E-state index contributed by atoms with van der Waals surface area (Å²) in [7, 11) is 1.75. The average molecular weight is 373 g/mol. The van der Waals surface area contributed by atoms with Crippen LogP contribution in [0.4, 0.5) is 5.82 Å². The average Bonchev–Trinajstić information content (AvgIpc) is 2.67. The monoisotopic (exact) mass is 373 g/mol. The Balaban J connectivity index is 1.76. The van der Waals surface area contributed by atoms with E-state index in [4.69, 9.17) is 11.2 Å².